The minimum Gasteiger partial charge on any atom is -0.408 e. The van der Waals surface area contributed by atoms with Crippen LogP contribution in [0.15, 0.2) is 0 Å². The molecule has 6 heteroatoms. The van der Waals surface area contributed by atoms with Crippen molar-refractivity contribution in [3.8, 4) is 0 Å². The molecule has 4 nitrogen and oxygen atoms in total. The Kier molecular flexibility index (Phi) is 5.46. The van der Waals surface area contributed by atoms with Gasteiger partial charge in [-0.1, -0.05) is 19.3 Å². The summed E-state index contributed by atoms with van der Waals surface area (Å²) < 4.78 is 26.7. The molecule has 0 spiro atoms. The van der Waals surface area contributed by atoms with E-state index in [1.54, 1.807) is 0 Å². The summed E-state index contributed by atoms with van der Waals surface area (Å²) >= 11 is 0. The fraction of sp³-hybridized carbons (Fsp3) is 1.00. The van der Waals surface area contributed by atoms with Gasteiger partial charge >= 0.3 is 7.12 Å². The third kappa shape index (κ3) is 4.28. The predicted octanol–water partition coefficient (Wildman–Crippen LogP) is 2.06. The van der Waals surface area contributed by atoms with Crippen LogP contribution in [0.2, 0.25) is 0 Å². The molecule has 2 rings (SSSR count). The summed E-state index contributed by atoms with van der Waals surface area (Å²) in [5.74, 6) is 0.575. The lowest BCUT2D eigenvalue weighted by Gasteiger charge is -2.33. The second-order valence-corrected chi connectivity index (χ2v) is 8.53. The van der Waals surface area contributed by atoms with Crippen LogP contribution in [0, 0.1) is 5.92 Å². The molecule has 0 bridgehead atoms. The van der Waals surface area contributed by atoms with Crippen molar-refractivity contribution in [2.24, 2.45) is 5.92 Å². The fourth-order valence-corrected chi connectivity index (χ4v) is 3.66. The molecule has 1 saturated carbocycles. The summed E-state index contributed by atoms with van der Waals surface area (Å²) in [6.45, 7) is 7.27. The van der Waals surface area contributed by atoms with Gasteiger partial charge in [-0.15, -0.1) is 0 Å². The molecular formula is C13H26BNO3S. The Morgan fingerprint density at radius 1 is 1.16 bits per heavy atom. The van der Waals surface area contributed by atoms with Gasteiger partial charge in [-0.3, -0.25) is 0 Å². The van der Waals surface area contributed by atoms with Crippen LogP contribution < -0.4 is 4.72 Å². The molecule has 2 unspecified atom stereocenters. The smallest absolute Gasteiger partial charge is 0.408 e. The molecule has 1 N–H and O–H groups in total. The Labute approximate surface area is 119 Å². The van der Waals surface area contributed by atoms with E-state index in [1.807, 2.05) is 20.8 Å². The van der Waals surface area contributed by atoms with E-state index >= 15 is 0 Å². The Morgan fingerprint density at radius 2 is 1.74 bits per heavy atom. The molecule has 0 aromatic carbocycles. The van der Waals surface area contributed by atoms with Crippen molar-refractivity contribution in [2.45, 2.75) is 63.6 Å². The van der Waals surface area contributed by atoms with Gasteiger partial charge in [0.1, 0.15) is 0 Å². The van der Waals surface area contributed by atoms with Gasteiger partial charge in [0.2, 0.25) is 0 Å². The van der Waals surface area contributed by atoms with Crippen LogP contribution >= 0.6 is 0 Å². The van der Waals surface area contributed by atoms with Crippen molar-refractivity contribution in [2.75, 3.05) is 13.2 Å². The third-order valence-electron chi connectivity index (χ3n) is 3.90. The van der Waals surface area contributed by atoms with E-state index in [1.165, 1.54) is 32.1 Å². The summed E-state index contributed by atoms with van der Waals surface area (Å²) in [7, 11) is -1.30. The molecule has 2 atom stereocenters. The zero-order chi connectivity index (χ0) is 13.9. The average Bonchev–Trinajstić information content (AvgIpc) is 2.89. The summed E-state index contributed by atoms with van der Waals surface area (Å²) in [5, 5.41) is 0. The van der Waals surface area contributed by atoms with E-state index < -0.39 is 11.0 Å². The molecule has 1 aliphatic heterocycles. The molecular weight excluding hydrogens is 261 g/mol. The zero-order valence-electron chi connectivity index (χ0n) is 12.3. The summed E-state index contributed by atoms with van der Waals surface area (Å²) in [6.07, 6.45) is 6.21. The van der Waals surface area contributed by atoms with Crippen LogP contribution in [0.5, 0.6) is 0 Å². The molecule has 0 amide bonds. The van der Waals surface area contributed by atoms with E-state index in [0.717, 1.165) is 0 Å². The third-order valence-corrected chi connectivity index (χ3v) is 5.50. The van der Waals surface area contributed by atoms with Gasteiger partial charge in [-0.2, -0.15) is 0 Å². The highest BCUT2D eigenvalue weighted by atomic mass is 32.2. The number of nitrogens with one attached hydrogen (secondary N) is 1. The van der Waals surface area contributed by atoms with Gasteiger partial charge in [-0.25, -0.2) is 8.93 Å². The standard InChI is InChI=1S/C13H26BNO3S/c1-13(2,3)19(16)15-12(14-17-9-10-18-14)11-7-5-4-6-8-11/h11-12,15H,4-10H2,1-3H3. The second-order valence-electron chi connectivity index (χ2n) is 6.53. The first-order chi connectivity index (χ1) is 8.98. The molecule has 110 valence electrons. The Hall–Kier alpha value is 0.0949. The SMILES string of the molecule is CC(C)(C)S(=O)NC(B1OCCO1)C1CCCCC1. The molecule has 1 aliphatic carbocycles. The maximum absolute atomic E-state index is 12.4. The Bertz CT molecular complexity index is 310. The first kappa shape index (κ1) is 15.5. The summed E-state index contributed by atoms with van der Waals surface area (Å²) in [5.41, 5.74) is 0. The molecule has 0 aromatic rings. The lowest BCUT2D eigenvalue weighted by Crippen LogP contribution is -2.53. The molecule has 2 aliphatic rings. The van der Waals surface area contributed by atoms with E-state index in [9.17, 15) is 4.21 Å². The lowest BCUT2D eigenvalue weighted by atomic mass is 9.67. The molecule has 2 fully saturated rings. The first-order valence-corrected chi connectivity index (χ1v) is 8.55. The van der Waals surface area contributed by atoms with Crippen LogP contribution in [0.3, 0.4) is 0 Å². The van der Waals surface area contributed by atoms with Gasteiger partial charge in [0.15, 0.2) is 0 Å². The molecule has 1 heterocycles. The maximum atomic E-state index is 12.4. The molecule has 0 radical (unpaired) electrons. The molecule has 19 heavy (non-hydrogen) atoms. The van der Waals surface area contributed by atoms with E-state index in [0.29, 0.717) is 19.1 Å². The summed E-state index contributed by atoms with van der Waals surface area (Å²) in [4.78, 5) is 0. The molecule has 0 aromatic heterocycles. The highest BCUT2D eigenvalue weighted by Crippen LogP contribution is 2.29. The highest BCUT2D eigenvalue weighted by molar-refractivity contribution is 7.84. The van der Waals surface area contributed by atoms with Gasteiger partial charge in [0.05, 0.1) is 34.9 Å². The van der Waals surface area contributed by atoms with Crippen molar-refractivity contribution in [3.63, 3.8) is 0 Å². The quantitative estimate of drug-likeness (QED) is 0.805. The van der Waals surface area contributed by atoms with E-state index in [4.69, 9.17) is 9.31 Å². The van der Waals surface area contributed by atoms with Crippen LogP contribution in [-0.2, 0) is 20.3 Å². The van der Waals surface area contributed by atoms with Crippen LogP contribution in [-0.4, -0.2) is 35.2 Å². The number of hydrogen-bond donors (Lipinski definition) is 1. The highest BCUT2D eigenvalue weighted by Gasteiger charge is 2.41. The largest absolute Gasteiger partial charge is 0.476 e. The van der Waals surface area contributed by atoms with Crippen molar-refractivity contribution >= 4 is 18.1 Å². The monoisotopic (exact) mass is 287 g/mol. The van der Waals surface area contributed by atoms with Crippen molar-refractivity contribution < 1.29 is 13.5 Å². The van der Waals surface area contributed by atoms with Crippen LogP contribution in [0.4, 0.5) is 0 Å². The number of hydrogen-bond acceptors (Lipinski definition) is 3. The predicted molar refractivity (Wildman–Crippen MR) is 79.1 cm³/mol. The van der Waals surface area contributed by atoms with Gasteiger partial charge < -0.3 is 9.31 Å². The minimum absolute atomic E-state index is 0.0582. The topological polar surface area (TPSA) is 47.6 Å². The van der Waals surface area contributed by atoms with Crippen molar-refractivity contribution in [1.82, 2.24) is 4.72 Å². The number of rotatable bonds is 4. The normalized spacial score (nSPS) is 25.5. The average molecular weight is 287 g/mol. The maximum Gasteiger partial charge on any atom is 0.476 e. The van der Waals surface area contributed by atoms with Crippen LogP contribution in [0.25, 0.3) is 0 Å². The minimum atomic E-state index is -1.08. The fourth-order valence-electron chi connectivity index (χ4n) is 2.75. The van der Waals surface area contributed by atoms with Crippen LogP contribution in [0.1, 0.15) is 52.9 Å². The van der Waals surface area contributed by atoms with E-state index in [-0.39, 0.29) is 17.8 Å². The van der Waals surface area contributed by atoms with Crippen molar-refractivity contribution in [1.29, 1.82) is 0 Å². The Morgan fingerprint density at radius 3 is 2.26 bits per heavy atom. The second kappa shape index (κ2) is 6.70. The van der Waals surface area contributed by atoms with Gasteiger partial charge in [0, 0.05) is 0 Å². The Balaban J connectivity index is 2.02. The zero-order valence-corrected chi connectivity index (χ0v) is 13.1. The summed E-state index contributed by atoms with van der Waals surface area (Å²) in [6, 6.07) is 0. The first-order valence-electron chi connectivity index (χ1n) is 7.40. The van der Waals surface area contributed by atoms with Gasteiger partial charge in [0.25, 0.3) is 0 Å². The molecule has 1 saturated heterocycles. The van der Waals surface area contributed by atoms with Crippen molar-refractivity contribution in [3.05, 3.63) is 0 Å². The van der Waals surface area contributed by atoms with E-state index in [2.05, 4.69) is 4.72 Å². The lowest BCUT2D eigenvalue weighted by molar-refractivity contribution is 0.278. The van der Waals surface area contributed by atoms with Gasteiger partial charge in [-0.05, 0) is 39.5 Å².